The number of para-hydroxylation sites is 1. The van der Waals surface area contributed by atoms with Crippen molar-refractivity contribution in [2.45, 2.75) is 38.1 Å². The molecule has 0 aliphatic heterocycles. The van der Waals surface area contributed by atoms with Crippen molar-refractivity contribution in [1.29, 1.82) is 0 Å². The van der Waals surface area contributed by atoms with Gasteiger partial charge in [-0.1, -0.05) is 43.7 Å². The molecule has 1 amide bonds. The third kappa shape index (κ3) is 5.06. The summed E-state index contributed by atoms with van der Waals surface area (Å²) in [5.41, 5.74) is 1.19. The number of benzene rings is 2. The molecule has 4 rings (SSSR count). The van der Waals surface area contributed by atoms with E-state index in [9.17, 15) is 13.2 Å². The molecular weight excluding hydrogens is 470 g/mol. The van der Waals surface area contributed by atoms with Crippen LogP contribution in [0.1, 0.15) is 42.8 Å². The molecule has 34 heavy (non-hydrogen) atoms. The number of carbonyl (C=O) groups excluding carboxylic acids is 1. The highest BCUT2D eigenvalue weighted by atomic mass is 32.2. The van der Waals surface area contributed by atoms with Gasteiger partial charge < -0.3 is 4.42 Å². The fourth-order valence-corrected chi connectivity index (χ4v) is 6.07. The Balaban J connectivity index is 1.64. The molecule has 0 aliphatic carbocycles. The van der Waals surface area contributed by atoms with E-state index in [1.807, 2.05) is 38.1 Å². The molecule has 0 radical (unpaired) electrons. The third-order valence-corrected chi connectivity index (χ3v) is 8.55. The van der Waals surface area contributed by atoms with Crippen molar-refractivity contribution < 1.29 is 17.6 Å². The maximum absolute atomic E-state index is 13.5. The molecule has 2 aromatic carbocycles. The summed E-state index contributed by atoms with van der Waals surface area (Å²) < 4.78 is 34.0. The Morgan fingerprint density at radius 3 is 2.44 bits per heavy atom. The van der Waals surface area contributed by atoms with Gasteiger partial charge in [-0.05, 0) is 55.0 Å². The molecule has 0 bridgehead atoms. The molecule has 0 saturated heterocycles. The van der Waals surface area contributed by atoms with Crippen molar-refractivity contribution in [3.8, 4) is 0 Å². The van der Waals surface area contributed by atoms with E-state index in [1.54, 1.807) is 35.4 Å². The molecule has 4 aromatic rings. The van der Waals surface area contributed by atoms with Crippen LogP contribution in [-0.4, -0.2) is 36.7 Å². The topological polar surface area (TPSA) is 83.7 Å². The summed E-state index contributed by atoms with van der Waals surface area (Å²) in [7, 11) is -3.61. The summed E-state index contributed by atoms with van der Waals surface area (Å²) in [5, 5.41) is 0.552. The fourth-order valence-electron chi connectivity index (χ4n) is 3.62. The first-order chi connectivity index (χ1) is 16.4. The van der Waals surface area contributed by atoms with Crippen LogP contribution in [0.25, 0.3) is 10.2 Å². The number of sulfonamides is 1. The van der Waals surface area contributed by atoms with E-state index in [1.165, 1.54) is 27.8 Å². The molecule has 0 atom stereocenters. The third-order valence-electron chi connectivity index (χ3n) is 5.51. The van der Waals surface area contributed by atoms with Crippen LogP contribution in [0.15, 0.2) is 76.2 Å². The predicted octanol–water partition coefficient (Wildman–Crippen LogP) is 5.55. The highest BCUT2D eigenvalue weighted by Crippen LogP contribution is 2.31. The van der Waals surface area contributed by atoms with E-state index in [0.717, 1.165) is 23.1 Å². The van der Waals surface area contributed by atoms with Crippen LogP contribution in [0, 0.1) is 0 Å². The van der Waals surface area contributed by atoms with Gasteiger partial charge in [0.2, 0.25) is 10.0 Å². The van der Waals surface area contributed by atoms with Gasteiger partial charge >= 0.3 is 0 Å². The molecular formula is C25H27N3O4S2. The van der Waals surface area contributed by atoms with E-state index < -0.39 is 10.0 Å². The Morgan fingerprint density at radius 2 is 1.79 bits per heavy atom. The van der Waals surface area contributed by atoms with Crippen molar-refractivity contribution in [2.24, 2.45) is 0 Å². The molecule has 0 spiro atoms. The molecule has 2 heterocycles. The average molecular weight is 498 g/mol. The summed E-state index contributed by atoms with van der Waals surface area (Å²) in [6, 6.07) is 17.4. The number of unbranched alkanes of at least 4 members (excludes halogenated alkanes) is 1. The Labute approximate surface area is 203 Å². The standard InChI is InChI=1S/C25H27N3O4S2/c1-3-5-16-27(4-2)34(30,31)21-14-12-19(13-15-21)24(29)28(18-20-9-8-17-32-20)25-26-22-10-6-7-11-23(22)33-25/h6-15,17H,3-5,16,18H2,1-2H3. The zero-order valence-corrected chi connectivity index (χ0v) is 20.8. The number of thiazole rings is 1. The first kappa shape index (κ1) is 24.1. The van der Waals surface area contributed by atoms with Gasteiger partial charge in [0, 0.05) is 18.7 Å². The van der Waals surface area contributed by atoms with Crippen molar-refractivity contribution in [3.63, 3.8) is 0 Å². The molecule has 178 valence electrons. The maximum Gasteiger partial charge on any atom is 0.260 e. The van der Waals surface area contributed by atoms with Crippen molar-refractivity contribution in [3.05, 3.63) is 78.3 Å². The summed E-state index contributed by atoms with van der Waals surface area (Å²) in [4.78, 5) is 19.9. The molecule has 9 heteroatoms. The van der Waals surface area contributed by atoms with Gasteiger partial charge in [0.1, 0.15) is 5.76 Å². The Kier molecular flexibility index (Phi) is 7.45. The molecule has 7 nitrogen and oxygen atoms in total. The van der Waals surface area contributed by atoms with Crippen LogP contribution < -0.4 is 4.90 Å². The minimum Gasteiger partial charge on any atom is -0.467 e. The number of rotatable bonds is 10. The number of furan rings is 1. The fraction of sp³-hybridized carbons (Fsp3) is 0.280. The van der Waals surface area contributed by atoms with Gasteiger partial charge in [-0.3, -0.25) is 9.69 Å². The normalized spacial score (nSPS) is 11.9. The highest BCUT2D eigenvalue weighted by Gasteiger charge is 2.25. The summed E-state index contributed by atoms with van der Waals surface area (Å²) in [6.07, 6.45) is 3.28. The largest absolute Gasteiger partial charge is 0.467 e. The summed E-state index contributed by atoms with van der Waals surface area (Å²) in [6.45, 7) is 4.95. The van der Waals surface area contributed by atoms with Crippen LogP contribution in [0.5, 0.6) is 0 Å². The second-order valence-electron chi connectivity index (χ2n) is 7.81. The number of fused-ring (bicyclic) bond motifs is 1. The van der Waals surface area contributed by atoms with Gasteiger partial charge in [-0.25, -0.2) is 13.4 Å². The molecule has 0 fully saturated rings. The first-order valence-electron chi connectivity index (χ1n) is 11.2. The molecule has 0 unspecified atom stereocenters. The van der Waals surface area contributed by atoms with Gasteiger partial charge in [-0.2, -0.15) is 4.31 Å². The van der Waals surface area contributed by atoms with Gasteiger partial charge in [0.15, 0.2) is 5.13 Å². The minimum atomic E-state index is -3.61. The highest BCUT2D eigenvalue weighted by molar-refractivity contribution is 7.89. The molecule has 0 saturated carbocycles. The van der Waals surface area contributed by atoms with Crippen molar-refractivity contribution in [2.75, 3.05) is 18.0 Å². The molecule has 0 aliphatic rings. The zero-order chi connectivity index (χ0) is 24.1. The monoisotopic (exact) mass is 497 g/mol. The number of hydrogen-bond donors (Lipinski definition) is 0. The predicted molar refractivity (Wildman–Crippen MR) is 135 cm³/mol. The van der Waals surface area contributed by atoms with Crippen LogP contribution in [0.2, 0.25) is 0 Å². The number of aromatic nitrogens is 1. The van der Waals surface area contributed by atoms with E-state index >= 15 is 0 Å². The van der Waals surface area contributed by atoms with Crippen LogP contribution in [0.4, 0.5) is 5.13 Å². The van der Waals surface area contributed by atoms with Gasteiger partial charge in [0.05, 0.1) is 27.9 Å². The van der Waals surface area contributed by atoms with Crippen molar-refractivity contribution >= 4 is 42.6 Å². The van der Waals surface area contributed by atoms with E-state index in [2.05, 4.69) is 4.98 Å². The van der Waals surface area contributed by atoms with Gasteiger partial charge in [0.25, 0.3) is 5.91 Å². The zero-order valence-electron chi connectivity index (χ0n) is 19.2. The lowest BCUT2D eigenvalue weighted by Crippen LogP contribution is -2.32. The SMILES string of the molecule is CCCCN(CC)S(=O)(=O)c1ccc(C(=O)N(Cc2ccco2)c2nc3ccccc3s2)cc1. The second-order valence-corrected chi connectivity index (χ2v) is 10.8. The van der Waals surface area contributed by atoms with Gasteiger partial charge in [-0.15, -0.1) is 0 Å². The van der Waals surface area contributed by atoms with Crippen LogP contribution >= 0.6 is 11.3 Å². The van der Waals surface area contributed by atoms with E-state index in [4.69, 9.17) is 4.42 Å². The average Bonchev–Trinajstić information content (AvgIpc) is 3.52. The Hall–Kier alpha value is -3.01. The lowest BCUT2D eigenvalue weighted by molar-refractivity contribution is 0.0983. The minimum absolute atomic E-state index is 0.180. The lowest BCUT2D eigenvalue weighted by atomic mass is 10.2. The second kappa shape index (κ2) is 10.5. The van der Waals surface area contributed by atoms with Crippen LogP contribution in [-0.2, 0) is 16.6 Å². The number of anilines is 1. The number of amides is 1. The molecule has 0 N–H and O–H groups in total. The Morgan fingerprint density at radius 1 is 1.03 bits per heavy atom. The van der Waals surface area contributed by atoms with Crippen molar-refractivity contribution in [1.82, 2.24) is 9.29 Å². The van der Waals surface area contributed by atoms with Crippen LogP contribution in [0.3, 0.4) is 0 Å². The maximum atomic E-state index is 13.5. The van der Waals surface area contributed by atoms with E-state index in [-0.39, 0.29) is 17.3 Å². The quantitative estimate of drug-likeness (QED) is 0.287. The smallest absolute Gasteiger partial charge is 0.260 e. The lowest BCUT2D eigenvalue weighted by Gasteiger charge is -2.21. The molecule has 2 aromatic heterocycles. The number of nitrogens with zero attached hydrogens (tertiary/aromatic N) is 3. The number of carbonyl (C=O) groups is 1. The van der Waals surface area contributed by atoms with E-state index in [0.29, 0.717) is 29.5 Å². The number of hydrogen-bond acceptors (Lipinski definition) is 6. The Bertz CT molecular complexity index is 1310. The first-order valence-corrected chi connectivity index (χ1v) is 13.5. The summed E-state index contributed by atoms with van der Waals surface area (Å²) in [5.74, 6) is 0.346. The summed E-state index contributed by atoms with van der Waals surface area (Å²) >= 11 is 1.42.